The molecule has 0 saturated heterocycles. The van der Waals surface area contributed by atoms with Gasteiger partial charge < -0.3 is 4.90 Å². The molecule has 2 aromatic carbocycles. The summed E-state index contributed by atoms with van der Waals surface area (Å²) in [6.07, 6.45) is 4.66. The van der Waals surface area contributed by atoms with E-state index >= 15 is 0 Å². The number of hydrogen-bond acceptors (Lipinski definition) is 4. The van der Waals surface area contributed by atoms with Crippen LogP contribution in [-0.2, 0) is 5.92 Å². The van der Waals surface area contributed by atoms with E-state index in [0.717, 1.165) is 6.92 Å². The zero-order valence-corrected chi connectivity index (χ0v) is 16.8. The molecule has 0 aliphatic heterocycles. The molecular formula is C23H17F2N5O. The van der Waals surface area contributed by atoms with Crippen LogP contribution in [0, 0.1) is 11.3 Å². The zero-order chi connectivity index (χ0) is 22.2. The fraction of sp³-hybridized carbons (Fsp3) is 0.130. The molecule has 0 N–H and O–H groups in total. The smallest absolute Gasteiger partial charge is 0.278 e. The molecule has 8 heteroatoms. The highest BCUT2D eigenvalue weighted by Crippen LogP contribution is 2.29. The van der Waals surface area contributed by atoms with Gasteiger partial charge in [0, 0.05) is 37.0 Å². The van der Waals surface area contributed by atoms with Crippen molar-refractivity contribution in [3.63, 3.8) is 0 Å². The molecule has 4 aromatic rings. The van der Waals surface area contributed by atoms with Crippen LogP contribution >= 0.6 is 0 Å². The summed E-state index contributed by atoms with van der Waals surface area (Å²) in [7, 11) is 1.62. The van der Waals surface area contributed by atoms with Gasteiger partial charge in [-0.3, -0.25) is 9.20 Å². The van der Waals surface area contributed by atoms with Gasteiger partial charge in [-0.15, -0.1) is 0 Å². The molecule has 0 bridgehead atoms. The first-order valence-corrected chi connectivity index (χ1v) is 9.38. The Labute approximate surface area is 177 Å². The summed E-state index contributed by atoms with van der Waals surface area (Å²) in [6, 6.07) is 14.6. The molecule has 0 unspecified atom stereocenters. The number of benzene rings is 2. The van der Waals surface area contributed by atoms with Gasteiger partial charge in [-0.2, -0.15) is 5.26 Å². The van der Waals surface area contributed by atoms with Gasteiger partial charge in [0.25, 0.3) is 11.8 Å². The summed E-state index contributed by atoms with van der Waals surface area (Å²) in [6.45, 7) is 0.851. The van der Waals surface area contributed by atoms with Crippen LogP contribution in [0.3, 0.4) is 0 Å². The number of halogens is 2. The molecular weight excluding hydrogens is 400 g/mol. The number of nitriles is 1. The maximum absolute atomic E-state index is 13.5. The van der Waals surface area contributed by atoms with E-state index in [2.05, 4.69) is 9.97 Å². The van der Waals surface area contributed by atoms with Gasteiger partial charge in [-0.1, -0.05) is 24.3 Å². The predicted octanol–water partition coefficient (Wildman–Crippen LogP) is 4.66. The molecule has 154 valence electrons. The number of hydrogen-bond donors (Lipinski definition) is 0. The number of rotatable bonds is 4. The minimum atomic E-state index is -2.92. The number of fused-ring (bicyclic) bond motifs is 1. The topological polar surface area (TPSA) is 74.3 Å². The SMILES string of the molecule is CN(C(=O)c1cn2c(-c3ccc(C(C)(F)F)cc3)cnc2cn1)c1ccc(C#N)cc1. The lowest BCUT2D eigenvalue weighted by molar-refractivity contribution is 0.0175. The normalized spacial score (nSPS) is 11.3. The Kier molecular flexibility index (Phi) is 4.95. The van der Waals surface area contributed by atoms with Gasteiger partial charge in [0.2, 0.25) is 0 Å². The number of imidazole rings is 1. The third kappa shape index (κ3) is 3.85. The van der Waals surface area contributed by atoms with Crippen molar-refractivity contribution in [2.75, 3.05) is 11.9 Å². The second-order valence-electron chi connectivity index (χ2n) is 7.13. The number of amides is 1. The summed E-state index contributed by atoms with van der Waals surface area (Å²) < 4.78 is 28.7. The number of aromatic nitrogens is 3. The molecule has 4 rings (SSSR count). The quantitative estimate of drug-likeness (QED) is 0.484. The summed E-state index contributed by atoms with van der Waals surface area (Å²) in [5.41, 5.74) is 3.09. The fourth-order valence-corrected chi connectivity index (χ4v) is 3.20. The molecule has 0 atom stereocenters. The van der Waals surface area contributed by atoms with E-state index in [1.807, 2.05) is 6.07 Å². The minimum Gasteiger partial charge on any atom is -0.310 e. The molecule has 0 spiro atoms. The van der Waals surface area contributed by atoms with E-state index in [1.165, 1.54) is 23.2 Å². The highest BCUT2D eigenvalue weighted by molar-refractivity contribution is 6.04. The number of carbonyl (C=O) groups is 1. The summed E-state index contributed by atoms with van der Waals surface area (Å²) in [4.78, 5) is 22.9. The van der Waals surface area contributed by atoms with Gasteiger partial charge in [-0.25, -0.2) is 18.7 Å². The predicted molar refractivity (Wildman–Crippen MR) is 112 cm³/mol. The second-order valence-corrected chi connectivity index (χ2v) is 7.13. The highest BCUT2D eigenvalue weighted by Gasteiger charge is 2.24. The molecule has 0 aliphatic carbocycles. The molecule has 0 radical (unpaired) electrons. The third-order valence-corrected chi connectivity index (χ3v) is 4.99. The number of carbonyl (C=O) groups excluding carboxylic acids is 1. The molecule has 2 heterocycles. The highest BCUT2D eigenvalue weighted by atomic mass is 19.3. The Hall–Kier alpha value is -4.12. The third-order valence-electron chi connectivity index (χ3n) is 4.99. The first-order chi connectivity index (χ1) is 14.8. The van der Waals surface area contributed by atoms with Crippen LogP contribution in [0.1, 0.15) is 28.5 Å². The lowest BCUT2D eigenvalue weighted by Crippen LogP contribution is -2.27. The Morgan fingerprint density at radius 2 is 1.74 bits per heavy atom. The van der Waals surface area contributed by atoms with Crippen molar-refractivity contribution in [1.29, 1.82) is 5.26 Å². The Morgan fingerprint density at radius 3 is 2.35 bits per heavy atom. The van der Waals surface area contributed by atoms with Gasteiger partial charge in [-0.05, 0) is 24.3 Å². The maximum atomic E-state index is 13.5. The van der Waals surface area contributed by atoms with E-state index in [-0.39, 0.29) is 17.2 Å². The van der Waals surface area contributed by atoms with Crippen molar-refractivity contribution in [3.05, 3.63) is 83.9 Å². The molecule has 0 saturated carbocycles. The average Bonchev–Trinajstić information content (AvgIpc) is 3.21. The Morgan fingerprint density at radius 1 is 1.06 bits per heavy atom. The van der Waals surface area contributed by atoms with Gasteiger partial charge >= 0.3 is 0 Å². The fourth-order valence-electron chi connectivity index (χ4n) is 3.20. The van der Waals surface area contributed by atoms with E-state index in [1.54, 1.807) is 60.2 Å². The van der Waals surface area contributed by atoms with Crippen LogP contribution in [0.2, 0.25) is 0 Å². The van der Waals surface area contributed by atoms with Crippen LogP contribution in [0.25, 0.3) is 16.9 Å². The van der Waals surface area contributed by atoms with Crippen LogP contribution in [0.4, 0.5) is 14.5 Å². The molecule has 2 aromatic heterocycles. The van der Waals surface area contributed by atoms with Crippen molar-refractivity contribution in [2.24, 2.45) is 0 Å². The van der Waals surface area contributed by atoms with Crippen molar-refractivity contribution in [1.82, 2.24) is 14.4 Å². The van der Waals surface area contributed by atoms with Crippen molar-refractivity contribution < 1.29 is 13.6 Å². The summed E-state index contributed by atoms with van der Waals surface area (Å²) >= 11 is 0. The maximum Gasteiger partial charge on any atom is 0.278 e. The summed E-state index contributed by atoms with van der Waals surface area (Å²) in [5, 5.41) is 8.92. The van der Waals surface area contributed by atoms with Crippen LogP contribution in [0.15, 0.2) is 67.1 Å². The van der Waals surface area contributed by atoms with Crippen LogP contribution in [0.5, 0.6) is 0 Å². The lowest BCUT2D eigenvalue weighted by atomic mass is 10.1. The minimum absolute atomic E-state index is 0.0772. The van der Waals surface area contributed by atoms with E-state index < -0.39 is 5.92 Å². The molecule has 1 amide bonds. The number of alkyl halides is 2. The van der Waals surface area contributed by atoms with Gasteiger partial charge in [0.15, 0.2) is 5.65 Å². The zero-order valence-electron chi connectivity index (χ0n) is 16.8. The van der Waals surface area contributed by atoms with E-state index in [9.17, 15) is 13.6 Å². The number of nitrogens with zero attached hydrogens (tertiary/aromatic N) is 5. The second kappa shape index (κ2) is 7.61. The van der Waals surface area contributed by atoms with Gasteiger partial charge in [0.05, 0.1) is 29.7 Å². The first-order valence-electron chi connectivity index (χ1n) is 9.38. The van der Waals surface area contributed by atoms with Crippen molar-refractivity contribution in [2.45, 2.75) is 12.8 Å². The van der Waals surface area contributed by atoms with Crippen LogP contribution in [-0.4, -0.2) is 27.3 Å². The van der Waals surface area contributed by atoms with Crippen molar-refractivity contribution in [3.8, 4) is 17.3 Å². The van der Waals surface area contributed by atoms with E-state index in [4.69, 9.17) is 5.26 Å². The summed E-state index contributed by atoms with van der Waals surface area (Å²) in [5.74, 6) is -3.26. The Bertz CT molecular complexity index is 1300. The molecule has 31 heavy (non-hydrogen) atoms. The molecule has 6 nitrogen and oxygen atoms in total. The van der Waals surface area contributed by atoms with Gasteiger partial charge in [0.1, 0.15) is 5.69 Å². The molecule has 0 aliphatic rings. The largest absolute Gasteiger partial charge is 0.310 e. The Balaban J connectivity index is 1.67. The van der Waals surface area contributed by atoms with Crippen molar-refractivity contribution >= 4 is 17.2 Å². The van der Waals surface area contributed by atoms with Crippen LogP contribution < -0.4 is 4.90 Å². The lowest BCUT2D eigenvalue weighted by Gasteiger charge is -2.17. The van der Waals surface area contributed by atoms with E-state index in [0.29, 0.717) is 28.2 Å². The number of anilines is 1. The standard InChI is InChI=1S/C23H17F2N5O/c1-23(24,25)17-7-5-16(6-8-17)20-12-28-21-13-27-19(14-30(20)21)22(31)29(2)18-9-3-15(11-26)4-10-18/h3-10,12-14H,1-2H3. The average molecular weight is 417 g/mol. The molecule has 0 fully saturated rings. The first kappa shape index (κ1) is 20.2. The monoisotopic (exact) mass is 417 g/mol.